The van der Waals surface area contributed by atoms with Gasteiger partial charge in [-0.1, -0.05) is 18.2 Å². The highest BCUT2D eigenvalue weighted by Crippen LogP contribution is 2.24. The van der Waals surface area contributed by atoms with Crippen molar-refractivity contribution in [3.8, 4) is 5.69 Å². The van der Waals surface area contributed by atoms with Gasteiger partial charge in [-0.15, -0.1) is 0 Å². The standard InChI is InChI=1S/C13H16N4/c1-9-4-2-3-5-12(9)17-13(14)10-8-15-7-6-11(10)16-17/h2-5,15H,6-8,14H2,1H3. The normalized spacial score (nSPS) is 14.6. The van der Waals surface area contributed by atoms with Crippen molar-refractivity contribution in [2.75, 3.05) is 12.3 Å². The Morgan fingerprint density at radius 2 is 2.18 bits per heavy atom. The first kappa shape index (κ1) is 10.4. The van der Waals surface area contributed by atoms with Gasteiger partial charge in [-0.05, 0) is 18.6 Å². The number of hydrogen-bond donors (Lipinski definition) is 2. The first-order chi connectivity index (χ1) is 8.27. The van der Waals surface area contributed by atoms with Gasteiger partial charge in [-0.25, -0.2) is 4.68 Å². The molecule has 0 saturated heterocycles. The average molecular weight is 228 g/mol. The second-order valence-corrected chi connectivity index (χ2v) is 4.44. The maximum Gasteiger partial charge on any atom is 0.132 e. The van der Waals surface area contributed by atoms with E-state index < -0.39 is 0 Å². The number of anilines is 1. The number of nitrogens with zero attached hydrogens (tertiary/aromatic N) is 2. The van der Waals surface area contributed by atoms with Gasteiger partial charge in [0.2, 0.25) is 0 Å². The van der Waals surface area contributed by atoms with E-state index in [0.29, 0.717) is 0 Å². The average Bonchev–Trinajstić information content (AvgIpc) is 2.68. The molecule has 0 fully saturated rings. The van der Waals surface area contributed by atoms with Gasteiger partial charge in [0.15, 0.2) is 0 Å². The highest BCUT2D eigenvalue weighted by molar-refractivity contribution is 5.52. The first-order valence-corrected chi connectivity index (χ1v) is 5.90. The van der Waals surface area contributed by atoms with E-state index in [4.69, 9.17) is 5.73 Å². The third kappa shape index (κ3) is 1.61. The maximum atomic E-state index is 6.19. The number of para-hydroxylation sites is 1. The zero-order valence-electron chi connectivity index (χ0n) is 9.90. The fourth-order valence-corrected chi connectivity index (χ4v) is 2.31. The number of nitrogens with two attached hydrogens (primary N) is 1. The molecule has 3 rings (SSSR count). The highest BCUT2D eigenvalue weighted by atomic mass is 15.3. The molecular weight excluding hydrogens is 212 g/mol. The van der Waals surface area contributed by atoms with E-state index in [-0.39, 0.29) is 0 Å². The summed E-state index contributed by atoms with van der Waals surface area (Å²) in [6.45, 7) is 3.89. The van der Waals surface area contributed by atoms with Crippen LogP contribution in [0.3, 0.4) is 0 Å². The first-order valence-electron chi connectivity index (χ1n) is 5.90. The van der Waals surface area contributed by atoms with Gasteiger partial charge in [-0.3, -0.25) is 0 Å². The third-order valence-corrected chi connectivity index (χ3v) is 3.29. The summed E-state index contributed by atoms with van der Waals surface area (Å²) >= 11 is 0. The number of aromatic nitrogens is 2. The molecule has 4 nitrogen and oxygen atoms in total. The number of nitrogen functional groups attached to an aromatic ring is 1. The maximum absolute atomic E-state index is 6.19. The Bertz CT molecular complexity index is 557. The molecule has 17 heavy (non-hydrogen) atoms. The Balaban J connectivity index is 2.16. The number of aryl methyl sites for hydroxylation is 1. The number of hydrogen-bond acceptors (Lipinski definition) is 3. The zero-order chi connectivity index (χ0) is 11.8. The molecule has 0 amide bonds. The van der Waals surface area contributed by atoms with Crippen LogP contribution >= 0.6 is 0 Å². The van der Waals surface area contributed by atoms with E-state index >= 15 is 0 Å². The second kappa shape index (κ2) is 3.89. The Morgan fingerprint density at radius 3 is 2.94 bits per heavy atom. The van der Waals surface area contributed by atoms with Gasteiger partial charge < -0.3 is 11.1 Å². The molecule has 1 aromatic carbocycles. The molecule has 0 spiro atoms. The van der Waals surface area contributed by atoms with Gasteiger partial charge in [0.05, 0.1) is 11.4 Å². The lowest BCUT2D eigenvalue weighted by Gasteiger charge is -2.11. The van der Waals surface area contributed by atoms with Crippen LogP contribution in [-0.4, -0.2) is 16.3 Å². The van der Waals surface area contributed by atoms with Crippen LogP contribution in [0.15, 0.2) is 24.3 Å². The van der Waals surface area contributed by atoms with Crippen LogP contribution in [0, 0.1) is 6.92 Å². The molecular formula is C13H16N4. The van der Waals surface area contributed by atoms with E-state index in [1.807, 2.05) is 16.8 Å². The van der Waals surface area contributed by atoms with Gasteiger partial charge in [-0.2, -0.15) is 5.10 Å². The third-order valence-electron chi connectivity index (χ3n) is 3.29. The summed E-state index contributed by atoms with van der Waals surface area (Å²) in [6.07, 6.45) is 0.957. The molecule has 0 aliphatic carbocycles. The summed E-state index contributed by atoms with van der Waals surface area (Å²) in [5.74, 6) is 0.765. The molecule has 0 bridgehead atoms. The lowest BCUT2D eigenvalue weighted by Crippen LogP contribution is -2.23. The number of fused-ring (bicyclic) bond motifs is 1. The van der Waals surface area contributed by atoms with Crippen molar-refractivity contribution in [2.45, 2.75) is 19.9 Å². The smallest absolute Gasteiger partial charge is 0.132 e. The van der Waals surface area contributed by atoms with Crippen molar-refractivity contribution < 1.29 is 0 Å². The van der Waals surface area contributed by atoms with E-state index in [0.717, 1.165) is 42.3 Å². The van der Waals surface area contributed by atoms with E-state index in [1.165, 1.54) is 5.56 Å². The van der Waals surface area contributed by atoms with Crippen LogP contribution in [0.4, 0.5) is 5.82 Å². The largest absolute Gasteiger partial charge is 0.383 e. The Hall–Kier alpha value is -1.81. The van der Waals surface area contributed by atoms with Crippen LogP contribution in [0.1, 0.15) is 16.8 Å². The summed E-state index contributed by atoms with van der Waals surface area (Å²) in [5, 5.41) is 7.96. The van der Waals surface area contributed by atoms with E-state index in [9.17, 15) is 0 Å². The minimum absolute atomic E-state index is 0.765. The summed E-state index contributed by atoms with van der Waals surface area (Å²) in [7, 11) is 0. The predicted octanol–water partition coefficient (Wildman–Crippen LogP) is 1.41. The van der Waals surface area contributed by atoms with Crippen LogP contribution in [0.5, 0.6) is 0 Å². The topological polar surface area (TPSA) is 55.9 Å². The predicted molar refractivity (Wildman–Crippen MR) is 68.1 cm³/mol. The second-order valence-electron chi connectivity index (χ2n) is 4.44. The molecule has 2 heterocycles. The number of nitrogens with one attached hydrogen (secondary N) is 1. The van der Waals surface area contributed by atoms with Gasteiger partial charge >= 0.3 is 0 Å². The van der Waals surface area contributed by atoms with E-state index in [1.54, 1.807) is 0 Å². The number of benzene rings is 1. The lowest BCUT2D eigenvalue weighted by atomic mass is 10.1. The Labute approximate surface area is 100 Å². The van der Waals surface area contributed by atoms with Crippen molar-refractivity contribution in [1.29, 1.82) is 0 Å². The summed E-state index contributed by atoms with van der Waals surface area (Å²) < 4.78 is 1.87. The number of rotatable bonds is 1. The fourth-order valence-electron chi connectivity index (χ4n) is 2.31. The molecule has 1 aliphatic heterocycles. The van der Waals surface area contributed by atoms with Crippen molar-refractivity contribution >= 4 is 5.82 Å². The lowest BCUT2D eigenvalue weighted by molar-refractivity contribution is 0.635. The highest BCUT2D eigenvalue weighted by Gasteiger charge is 2.19. The quantitative estimate of drug-likeness (QED) is 0.776. The molecule has 2 aromatic rings. The molecule has 1 aliphatic rings. The molecule has 0 unspecified atom stereocenters. The van der Waals surface area contributed by atoms with E-state index in [2.05, 4.69) is 29.5 Å². The Kier molecular flexibility index (Phi) is 2.37. The van der Waals surface area contributed by atoms with Gasteiger partial charge in [0, 0.05) is 25.1 Å². The minimum Gasteiger partial charge on any atom is -0.383 e. The summed E-state index contributed by atoms with van der Waals surface area (Å²) in [5.41, 5.74) is 10.7. The zero-order valence-corrected chi connectivity index (χ0v) is 9.90. The van der Waals surface area contributed by atoms with Gasteiger partial charge in [0.25, 0.3) is 0 Å². The van der Waals surface area contributed by atoms with Crippen LogP contribution in [0.25, 0.3) is 5.69 Å². The molecule has 0 radical (unpaired) electrons. The van der Waals surface area contributed by atoms with Crippen molar-refractivity contribution in [3.05, 3.63) is 41.1 Å². The molecule has 88 valence electrons. The molecule has 0 atom stereocenters. The fraction of sp³-hybridized carbons (Fsp3) is 0.308. The van der Waals surface area contributed by atoms with Crippen molar-refractivity contribution in [3.63, 3.8) is 0 Å². The monoisotopic (exact) mass is 228 g/mol. The van der Waals surface area contributed by atoms with Crippen LogP contribution < -0.4 is 11.1 Å². The Morgan fingerprint density at radius 1 is 1.35 bits per heavy atom. The molecule has 0 saturated carbocycles. The molecule has 4 heteroatoms. The van der Waals surface area contributed by atoms with Crippen molar-refractivity contribution in [2.24, 2.45) is 0 Å². The SMILES string of the molecule is Cc1ccccc1-n1nc2c(c1N)CNCC2. The van der Waals surface area contributed by atoms with Crippen LogP contribution in [0.2, 0.25) is 0 Å². The van der Waals surface area contributed by atoms with Gasteiger partial charge in [0.1, 0.15) is 5.82 Å². The minimum atomic E-state index is 0.765. The van der Waals surface area contributed by atoms with Crippen molar-refractivity contribution in [1.82, 2.24) is 15.1 Å². The molecule has 3 N–H and O–H groups in total. The summed E-state index contributed by atoms with van der Waals surface area (Å²) in [4.78, 5) is 0. The molecule has 1 aromatic heterocycles. The summed E-state index contributed by atoms with van der Waals surface area (Å²) in [6, 6.07) is 8.17. The van der Waals surface area contributed by atoms with Crippen LogP contribution in [-0.2, 0) is 13.0 Å².